The van der Waals surface area contributed by atoms with Crippen LogP contribution in [-0.4, -0.2) is 15.0 Å². The van der Waals surface area contributed by atoms with Crippen LogP contribution in [0.1, 0.15) is 5.69 Å². The maximum Gasteiger partial charge on any atom is 0.266 e. The van der Waals surface area contributed by atoms with Gasteiger partial charge in [0, 0.05) is 5.38 Å². The van der Waals surface area contributed by atoms with Gasteiger partial charge in [-0.1, -0.05) is 0 Å². The van der Waals surface area contributed by atoms with Crippen molar-refractivity contribution in [2.24, 2.45) is 0 Å². The second-order valence-corrected chi connectivity index (χ2v) is 4.75. The van der Waals surface area contributed by atoms with E-state index in [0.717, 1.165) is 10.8 Å². The highest BCUT2D eigenvalue weighted by Gasteiger charge is 2.06. The normalized spacial score (nSPS) is 10.3. The highest BCUT2D eigenvalue weighted by atomic mass is 127. The van der Waals surface area contributed by atoms with Crippen LogP contribution in [0.15, 0.2) is 16.5 Å². The standard InChI is InChI=1S/C8H7IN4OS/c1-4-2-15-8(12-4)13-6-5(9)7(14)11-3-10-6/h2-3H,1H3,(H2,10,11,12,13,14). The zero-order chi connectivity index (χ0) is 10.8. The van der Waals surface area contributed by atoms with Crippen LogP contribution >= 0.6 is 33.9 Å². The summed E-state index contributed by atoms with van der Waals surface area (Å²) in [5.74, 6) is 0.536. The van der Waals surface area contributed by atoms with Crippen LogP contribution in [0.2, 0.25) is 0 Å². The van der Waals surface area contributed by atoms with Gasteiger partial charge in [0.15, 0.2) is 10.9 Å². The predicted molar refractivity (Wildman–Crippen MR) is 67.7 cm³/mol. The fourth-order valence-electron chi connectivity index (χ4n) is 0.983. The van der Waals surface area contributed by atoms with Crippen LogP contribution in [0, 0.1) is 10.5 Å². The minimum absolute atomic E-state index is 0.152. The van der Waals surface area contributed by atoms with Crippen molar-refractivity contribution in [3.8, 4) is 0 Å². The minimum Gasteiger partial charge on any atom is -0.315 e. The Balaban J connectivity index is 2.32. The number of aryl methyl sites for hydroxylation is 1. The topological polar surface area (TPSA) is 70.7 Å². The van der Waals surface area contributed by atoms with Crippen molar-refractivity contribution in [3.05, 3.63) is 31.3 Å². The average molecular weight is 334 g/mol. The molecule has 0 saturated carbocycles. The lowest BCUT2D eigenvalue weighted by atomic mass is 10.6. The zero-order valence-electron chi connectivity index (χ0n) is 7.74. The van der Waals surface area contributed by atoms with Crippen LogP contribution in [0.5, 0.6) is 0 Å². The first-order chi connectivity index (χ1) is 7.16. The molecule has 0 fully saturated rings. The fraction of sp³-hybridized carbons (Fsp3) is 0.125. The maximum atomic E-state index is 11.3. The molecule has 0 unspecified atom stereocenters. The van der Waals surface area contributed by atoms with Crippen molar-refractivity contribution in [2.45, 2.75) is 6.92 Å². The summed E-state index contributed by atoms with van der Waals surface area (Å²) in [6.07, 6.45) is 1.37. The number of rotatable bonds is 2. The Kier molecular flexibility index (Phi) is 3.00. The average Bonchev–Trinajstić information content (AvgIpc) is 2.59. The number of nitrogens with one attached hydrogen (secondary N) is 2. The number of hydrogen-bond acceptors (Lipinski definition) is 5. The number of hydrogen-bond donors (Lipinski definition) is 2. The third-order valence-corrected chi connectivity index (χ3v) is 3.52. The number of anilines is 2. The molecule has 0 spiro atoms. The summed E-state index contributed by atoms with van der Waals surface area (Å²) < 4.78 is 0.531. The second-order valence-electron chi connectivity index (χ2n) is 2.81. The van der Waals surface area contributed by atoms with E-state index in [1.54, 1.807) is 0 Å². The highest BCUT2D eigenvalue weighted by molar-refractivity contribution is 14.1. The van der Waals surface area contributed by atoms with Crippen molar-refractivity contribution in [1.82, 2.24) is 15.0 Å². The molecule has 0 aliphatic rings. The van der Waals surface area contributed by atoms with E-state index in [1.807, 2.05) is 34.9 Å². The number of aromatic nitrogens is 3. The molecular formula is C8H7IN4OS. The summed E-state index contributed by atoms with van der Waals surface area (Å²) in [5.41, 5.74) is 0.795. The fourth-order valence-corrected chi connectivity index (χ4v) is 2.10. The van der Waals surface area contributed by atoms with E-state index in [2.05, 4.69) is 20.3 Å². The molecule has 7 heteroatoms. The lowest BCUT2D eigenvalue weighted by molar-refractivity contribution is 1.10. The first-order valence-electron chi connectivity index (χ1n) is 4.09. The third-order valence-electron chi connectivity index (χ3n) is 1.64. The quantitative estimate of drug-likeness (QED) is 0.823. The molecule has 0 aliphatic carbocycles. The summed E-state index contributed by atoms with van der Waals surface area (Å²) >= 11 is 3.43. The predicted octanol–water partition coefficient (Wildman–Crippen LogP) is 1.88. The first kappa shape index (κ1) is 10.6. The molecule has 0 atom stereocenters. The molecule has 2 heterocycles. The van der Waals surface area contributed by atoms with Gasteiger partial charge in [-0.3, -0.25) is 4.79 Å². The van der Waals surface area contributed by atoms with Gasteiger partial charge in [0.1, 0.15) is 3.57 Å². The number of thiazole rings is 1. The third kappa shape index (κ3) is 2.34. The Morgan fingerprint density at radius 3 is 3.07 bits per heavy atom. The van der Waals surface area contributed by atoms with Crippen LogP contribution in [0.25, 0.3) is 0 Å². The number of nitrogens with zero attached hydrogens (tertiary/aromatic N) is 2. The van der Waals surface area contributed by atoms with Crippen LogP contribution < -0.4 is 10.9 Å². The number of halogens is 1. The monoisotopic (exact) mass is 334 g/mol. The molecule has 5 nitrogen and oxygen atoms in total. The second kappa shape index (κ2) is 4.27. The Morgan fingerprint density at radius 2 is 2.40 bits per heavy atom. The lowest BCUT2D eigenvalue weighted by Crippen LogP contribution is -2.12. The Labute approximate surface area is 103 Å². The highest BCUT2D eigenvalue weighted by Crippen LogP contribution is 2.20. The Hall–Kier alpha value is -0.960. The largest absolute Gasteiger partial charge is 0.315 e. The van der Waals surface area contributed by atoms with Gasteiger partial charge in [-0.2, -0.15) is 0 Å². The van der Waals surface area contributed by atoms with E-state index in [4.69, 9.17) is 0 Å². The SMILES string of the molecule is Cc1csc(Nc2nc[nH]c(=O)c2I)n1. The van der Waals surface area contributed by atoms with E-state index in [-0.39, 0.29) is 5.56 Å². The smallest absolute Gasteiger partial charge is 0.266 e. The van der Waals surface area contributed by atoms with Gasteiger partial charge in [-0.25, -0.2) is 9.97 Å². The number of H-pyrrole nitrogens is 1. The van der Waals surface area contributed by atoms with Crippen molar-refractivity contribution in [2.75, 3.05) is 5.32 Å². The Morgan fingerprint density at radius 1 is 1.60 bits per heavy atom. The van der Waals surface area contributed by atoms with Crippen molar-refractivity contribution >= 4 is 44.9 Å². The maximum absolute atomic E-state index is 11.3. The summed E-state index contributed by atoms with van der Waals surface area (Å²) in [7, 11) is 0. The molecule has 0 saturated heterocycles. The molecule has 2 rings (SSSR count). The molecule has 0 bridgehead atoms. The summed E-state index contributed by atoms with van der Waals surface area (Å²) in [4.78, 5) is 22.0. The summed E-state index contributed by atoms with van der Waals surface area (Å²) in [6, 6.07) is 0. The van der Waals surface area contributed by atoms with Gasteiger partial charge >= 0.3 is 0 Å². The first-order valence-corrected chi connectivity index (χ1v) is 6.05. The zero-order valence-corrected chi connectivity index (χ0v) is 10.7. The van der Waals surface area contributed by atoms with E-state index >= 15 is 0 Å². The molecule has 78 valence electrons. The van der Waals surface area contributed by atoms with Crippen molar-refractivity contribution < 1.29 is 0 Å². The van der Waals surface area contributed by atoms with Gasteiger partial charge in [-0.15, -0.1) is 11.3 Å². The molecule has 2 aromatic heterocycles. The molecule has 0 amide bonds. The summed E-state index contributed by atoms with van der Waals surface area (Å²) in [6.45, 7) is 1.91. The van der Waals surface area contributed by atoms with Gasteiger partial charge in [0.2, 0.25) is 0 Å². The molecular weight excluding hydrogens is 327 g/mol. The van der Waals surface area contributed by atoms with E-state index < -0.39 is 0 Å². The van der Waals surface area contributed by atoms with Crippen molar-refractivity contribution in [3.63, 3.8) is 0 Å². The van der Waals surface area contributed by atoms with E-state index in [1.165, 1.54) is 17.7 Å². The number of aromatic amines is 1. The molecule has 15 heavy (non-hydrogen) atoms. The minimum atomic E-state index is -0.152. The van der Waals surface area contributed by atoms with Crippen molar-refractivity contribution in [1.29, 1.82) is 0 Å². The van der Waals surface area contributed by atoms with Gasteiger partial charge < -0.3 is 10.3 Å². The molecule has 0 aromatic carbocycles. The molecule has 2 N–H and O–H groups in total. The van der Waals surface area contributed by atoms with Crippen LogP contribution in [-0.2, 0) is 0 Å². The molecule has 2 aromatic rings. The van der Waals surface area contributed by atoms with Gasteiger partial charge in [0.05, 0.1) is 12.0 Å². The van der Waals surface area contributed by atoms with Crippen LogP contribution in [0.3, 0.4) is 0 Å². The van der Waals surface area contributed by atoms with Gasteiger partial charge in [0.25, 0.3) is 5.56 Å². The molecule has 0 radical (unpaired) electrons. The van der Waals surface area contributed by atoms with Gasteiger partial charge in [-0.05, 0) is 29.5 Å². The summed E-state index contributed by atoms with van der Waals surface area (Å²) in [5, 5.41) is 5.67. The Bertz CT molecular complexity index is 535. The van der Waals surface area contributed by atoms with Crippen LogP contribution in [0.4, 0.5) is 10.9 Å². The van der Waals surface area contributed by atoms with E-state index in [9.17, 15) is 4.79 Å². The molecule has 0 aliphatic heterocycles. The lowest BCUT2D eigenvalue weighted by Gasteiger charge is -2.01. The van der Waals surface area contributed by atoms with E-state index in [0.29, 0.717) is 9.39 Å².